The number of nitrogens with zero attached hydrogens (tertiary/aromatic N) is 1. The Balaban J connectivity index is 2.31. The molecule has 0 bridgehead atoms. The summed E-state index contributed by atoms with van der Waals surface area (Å²) >= 11 is 11.9. The molecule has 3 N–H and O–H groups in total. The normalized spacial score (nSPS) is 10.8. The number of benzene rings is 1. The molecule has 4 nitrogen and oxygen atoms in total. The number of carbonyl (C=O) groups is 1. The van der Waals surface area contributed by atoms with Gasteiger partial charge in [0.2, 0.25) is 0 Å². The highest BCUT2D eigenvalue weighted by Gasteiger charge is 2.16. The van der Waals surface area contributed by atoms with Gasteiger partial charge >= 0.3 is 0 Å². The molecule has 0 saturated carbocycles. The van der Waals surface area contributed by atoms with Gasteiger partial charge < -0.3 is 15.6 Å². The second-order valence-electron chi connectivity index (χ2n) is 4.74. The summed E-state index contributed by atoms with van der Waals surface area (Å²) in [6.07, 6.45) is 1.74. The number of nitrogens with one attached hydrogen (secondary N) is 1. The standard InChI is InChI=1S/C14H15Cl2N3O/c1-8(2)19-7-10(17)6-13(19)14(20)18-12-5-9(15)3-4-11(12)16/h3-8H,17H2,1-2H3,(H,18,20). The van der Waals surface area contributed by atoms with Crippen LogP contribution >= 0.6 is 23.2 Å². The van der Waals surface area contributed by atoms with E-state index in [9.17, 15) is 4.79 Å². The van der Waals surface area contributed by atoms with Crippen molar-refractivity contribution in [3.8, 4) is 0 Å². The summed E-state index contributed by atoms with van der Waals surface area (Å²) in [6, 6.07) is 6.66. The largest absolute Gasteiger partial charge is 0.397 e. The number of hydrogen-bond acceptors (Lipinski definition) is 2. The van der Waals surface area contributed by atoms with Crippen LogP contribution in [-0.4, -0.2) is 10.5 Å². The Morgan fingerprint density at radius 1 is 1.30 bits per heavy atom. The summed E-state index contributed by atoms with van der Waals surface area (Å²) in [4.78, 5) is 12.3. The van der Waals surface area contributed by atoms with Crippen LogP contribution in [0.1, 0.15) is 30.4 Å². The number of rotatable bonds is 3. The summed E-state index contributed by atoms with van der Waals surface area (Å²) in [6.45, 7) is 3.95. The van der Waals surface area contributed by atoms with Gasteiger partial charge in [-0.3, -0.25) is 4.79 Å². The lowest BCUT2D eigenvalue weighted by atomic mass is 10.3. The molecule has 0 spiro atoms. The van der Waals surface area contributed by atoms with E-state index < -0.39 is 0 Å². The second-order valence-corrected chi connectivity index (χ2v) is 5.58. The molecule has 106 valence electrons. The zero-order chi connectivity index (χ0) is 14.9. The van der Waals surface area contributed by atoms with Gasteiger partial charge in [0.1, 0.15) is 5.69 Å². The minimum atomic E-state index is -0.278. The monoisotopic (exact) mass is 311 g/mol. The first-order valence-corrected chi connectivity index (χ1v) is 6.88. The van der Waals surface area contributed by atoms with Gasteiger partial charge in [-0.2, -0.15) is 0 Å². The molecule has 0 fully saturated rings. The summed E-state index contributed by atoms with van der Waals surface area (Å²) in [7, 11) is 0. The fraction of sp³-hybridized carbons (Fsp3) is 0.214. The summed E-state index contributed by atoms with van der Waals surface area (Å²) in [5.41, 5.74) is 7.25. The van der Waals surface area contributed by atoms with Crippen LogP contribution in [0.4, 0.5) is 11.4 Å². The Hall–Kier alpha value is -1.65. The zero-order valence-electron chi connectivity index (χ0n) is 11.2. The molecule has 0 aliphatic heterocycles. The second kappa shape index (κ2) is 5.77. The Morgan fingerprint density at radius 3 is 2.65 bits per heavy atom. The van der Waals surface area contributed by atoms with Crippen LogP contribution in [0.5, 0.6) is 0 Å². The van der Waals surface area contributed by atoms with Crippen LogP contribution in [0.2, 0.25) is 10.0 Å². The van der Waals surface area contributed by atoms with Crippen molar-refractivity contribution in [2.45, 2.75) is 19.9 Å². The van der Waals surface area contributed by atoms with Crippen molar-refractivity contribution in [2.75, 3.05) is 11.1 Å². The first-order chi connectivity index (χ1) is 9.38. The van der Waals surface area contributed by atoms with Gasteiger partial charge in [-0.15, -0.1) is 0 Å². The number of nitrogen functional groups attached to an aromatic ring is 1. The van der Waals surface area contributed by atoms with Crippen molar-refractivity contribution in [3.05, 3.63) is 46.2 Å². The number of aromatic nitrogens is 1. The lowest BCUT2D eigenvalue weighted by molar-refractivity contribution is 0.101. The van der Waals surface area contributed by atoms with Crippen molar-refractivity contribution in [2.24, 2.45) is 0 Å². The van der Waals surface area contributed by atoms with E-state index in [-0.39, 0.29) is 11.9 Å². The fourth-order valence-electron chi connectivity index (χ4n) is 1.89. The van der Waals surface area contributed by atoms with E-state index in [1.54, 1.807) is 30.5 Å². The van der Waals surface area contributed by atoms with E-state index in [1.165, 1.54) is 0 Å². The van der Waals surface area contributed by atoms with Gasteiger partial charge in [0, 0.05) is 17.3 Å². The van der Waals surface area contributed by atoms with Gasteiger partial charge in [-0.1, -0.05) is 23.2 Å². The van der Waals surface area contributed by atoms with E-state index in [2.05, 4.69) is 5.32 Å². The van der Waals surface area contributed by atoms with E-state index in [0.717, 1.165) is 0 Å². The molecular weight excluding hydrogens is 297 g/mol. The van der Waals surface area contributed by atoms with Crippen LogP contribution < -0.4 is 11.1 Å². The third-order valence-electron chi connectivity index (χ3n) is 2.84. The number of halogens is 2. The minimum absolute atomic E-state index is 0.128. The molecule has 1 heterocycles. The van der Waals surface area contributed by atoms with Gasteiger partial charge in [0.05, 0.1) is 16.4 Å². The maximum atomic E-state index is 12.3. The highest BCUT2D eigenvalue weighted by atomic mass is 35.5. The first kappa shape index (κ1) is 14.8. The Bertz CT molecular complexity index is 650. The molecule has 0 aliphatic carbocycles. The molecule has 0 unspecified atom stereocenters. The third-order valence-corrected chi connectivity index (χ3v) is 3.40. The molecular formula is C14H15Cl2N3O. The fourth-order valence-corrected chi connectivity index (χ4v) is 2.23. The SMILES string of the molecule is CC(C)n1cc(N)cc1C(=O)Nc1cc(Cl)ccc1Cl. The van der Waals surface area contributed by atoms with Crippen LogP contribution in [0.3, 0.4) is 0 Å². The lowest BCUT2D eigenvalue weighted by Crippen LogP contribution is -2.18. The maximum Gasteiger partial charge on any atom is 0.272 e. The molecule has 0 saturated heterocycles. The van der Waals surface area contributed by atoms with Crippen molar-refractivity contribution in [1.29, 1.82) is 0 Å². The molecule has 0 radical (unpaired) electrons. The Morgan fingerprint density at radius 2 is 2.00 bits per heavy atom. The molecule has 20 heavy (non-hydrogen) atoms. The van der Waals surface area contributed by atoms with Crippen molar-refractivity contribution >= 4 is 40.5 Å². The molecule has 1 aromatic carbocycles. The third kappa shape index (κ3) is 3.08. The number of hydrogen-bond donors (Lipinski definition) is 2. The molecule has 0 aliphatic rings. The van der Waals surface area contributed by atoms with Gasteiger partial charge in [-0.25, -0.2) is 0 Å². The van der Waals surface area contributed by atoms with Crippen LogP contribution in [0, 0.1) is 0 Å². The first-order valence-electron chi connectivity index (χ1n) is 6.12. The molecule has 1 aromatic heterocycles. The average Bonchev–Trinajstić information content (AvgIpc) is 2.76. The summed E-state index contributed by atoms with van der Waals surface area (Å²) in [5, 5.41) is 3.68. The number of anilines is 2. The number of carbonyl (C=O) groups excluding carboxylic acids is 1. The molecule has 6 heteroatoms. The summed E-state index contributed by atoms with van der Waals surface area (Å²) < 4.78 is 1.81. The minimum Gasteiger partial charge on any atom is -0.397 e. The van der Waals surface area contributed by atoms with Crippen molar-refractivity contribution in [3.63, 3.8) is 0 Å². The predicted octanol–water partition coefficient (Wildman–Crippen LogP) is 4.21. The van der Waals surface area contributed by atoms with Crippen molar-refractivity contribution in [1.82, 2.24) is 4.57 Å². The topological polar surface area (TPSA) is 60.0 Å². The predicted molar refractivity (Wildman–Crippen MR) is 83.6 cm³/mol. The van der Waals surface area contributed by atoms with Crippen LogP contribution in [-0.2, 0) is 0 Å². The van der Waals surface area contributed by atoms with Crippen LogP contribution in [0.25, 0.3) is 0 Å². The Kier molecular flexibility index (Phi) is 4.26. The van der Waals surface area contributed by atoms with Gasteiger partial charge in [0.25, 0.3) is 5.91 Å². The molecule has 0 atom stereocenters. The molecule has 1 amide bonds. The maximum absolute atomic E-state index is 12.3. The lowest BCUT2D eigenvalue weighted by Gasteiger charge is -2.13. The highest BCUT2D eigenvalue weighted by Crippen LogP contribution is 2.26. The summed E-state index contributed by atoms with van der Waals surface area (Å²) in [5.74, 6) is -0.278. The van der Waals surface area contributed by atoms with E-state index in [4.69, 9.17) is 28.9 Å². The number of amides is 1. The average molecular weight is 312 g/mol. The zero-order valence-corrected chi connectivity index (χ0v) is 12.7. The number of nitrogens with two attached hydrogens (primary N) is 1. The molecule has 2 rings (SSSR count). The highest BCUT2D eigenvalue weighted by molar-refractivity contribution is 6.35. The smallest absolute Gasteiger partial charge is 0.272 e. The van der Waals surface area contributed by atoms with Crippen molar-refractivity contribution < 1.29 is 4.79 Å². The van der Waals surface area contributed by atoms with E-state index >= 15 is 0 Å². The Labute approximate surface area is 127 Å². The van der Waals surface area contributed by atoms with Gasteiger partial charge in [0.15, 0.2) is 0 Å². The molecule has 2 aromatic rings. The van der Waals surface area contributed by atoms with Gasteiger partial charge in [-0.05, 0) is 38.1 Å². The van der Waals surface area contributed by atoms with E-state index in [0.29, 0.717) is 27.1 Å². The quantitative estimate of drug-likeness (QED) is 0.892. The van der Waals surface area contributed by atoms with E-state index in [1.807, 2.05) is 18.4 Å². The van der Waals surface area contributed by atoms with Crippen LogP contribution in [0.15, 0.2) is 30.5 Å².